The van der Waals surface area contributed by atoms with Crippen molar-refractivity contribution in [2.24, 2.45) is 0 Å². The van der Waals surface area contributed by atoms with Crippen molar-refractivity contribution in [2.45, 2.75) is 12.6 Å². The van der Waals surface area contributed by atoms with Gasteiger partial charge in [-0.1, -0.05) is 0 Å². The van der Waals surface area contributed by atoms with E-state index in [1.54, 1.807) is 0 Å². The maximum Gasteiger partial charge on any atom is 0.434 e. The molecule has 0 unspecified atom stereocenters. The number of alkyl halides is 5. The number of hydrogen-bond donors (Lipinski definition) is 0. The molecule has 1 aromatic rings. The number of aromatic nitrogens is 1. The summed E-state index contributed by atoms with van der Waals surface area (Å²) in [6, 6.07) is 0.875. The van der Waals surface area contributed by atoms with E-state index >= 15 is 0 Å². The van der Waals surface area contributed by atoms with E-state index < -0.39 is 35.2 Å². The Morgan fingerprint density at radius 2 is 1.88 bits per heavy atom. The topological polar surface area (TPSA) is 36.7 Å². The number of rotatable bonds is 1. The molecule has 0 saturated heterocycles. The summed E-state index contributed by atoms with van der Waals surface area (Å²) in [5.41, 5.74) is -4.66. The normalized spacial score (nSPS) is 11.6. The van der Waals surface area contributed by atoms with Gasteiger partial charge in [0.25, 0.3) is 6.43 Å². The van der Waals surface area contributed by atoms with E-state index in [-0.39, 0.29) is 6.20 Å². The Bertz CT molecular complexity index is 445. The van der Waals surface area contributed by atoms with Crippen LogP contribution >= 0.6 is 0 Å². The lowest BCUT2D eigenvalue weighted by atomic mass is 10.1. The van der Waals surface area contributed by atoms with Gasteiger partial charge in [0.05, 0.1) is 5.56 Å². The molecule has 1 heterocycles. The second kappa shape index (κ2) is 4.00. The zero-order valence-corrected chi connectivity index (χ0v) is 7.32. The molecular formula is C8H2F6N2. The van der Waals surface area contributed by atoms with Crippen LogP contribution < -0.4 is 0 Å². The van der Waals surface area contributed by atoms with E-state index in [9.17, 15) is 26.3 Å². The van der Waals surface area contributed by atoms with Gasteiger partial charge in [-0.3, -0.25) is 0 Å². The van der Waals surface area contributed by atoms with Gasteiger partial charge in [0.1, 0.15) is 11.6 Å². The summed E-state index contributed by atoms with van der Waals surface area (Å²) in [4.78, 5) is 2.64. The maximum atomic E-state index is 13.1. The SMILES string of the molecule is N#Cc1c(C(F)(F)F)ncc(C(F)F)c1F. The van der Waals surface area contributed by atoms with E-state index in [4.69, 9.17) is 5.26 Å². The summed E-state index contributed by atoms with van der Waals surface area (Å²) in [5.74, 6) is -1.89. The highest BCUT2D eigenvalue weighted by Crippen LogP contribution is 2.33. The number of nitrogens with zero attached hydrogens (tertiary/aromatic N) is 2. The van der Waals surface area contributed by atoms with Crippen LogP contribution in [0, 0.1) is 17.1 Å². The molecule has 0 aliphatic heterocycles. The summed E-state index contributed by atoms with van der Waals surface area (Å²) in [5, 5.41) is 8.29. The summed E-state index contributed by atoms with van der Waals surface area (Å²) in [7, 11) is 0. The highest BCUT2D eigenvalue weighted by atomic mass is 19.4. The minimum atomic E-state index is -5.06. The van der Waals surface area contributed by atoms with Crippen LogP contribution in [0.15, 0.2) is 6.20 Å². The first-order chi connectivity index (χ1) is 7.29. The van der Waals surface area contributed by atoms with Crippen LogP contribution in [0.2, 0.25) is 0 Å². The highest BCUT2D eigenvalue weighted by molar-refractivity contribution is 5.39. The summed E-state index contributed by atoms with van der Waals surface area (Å²) in [6.45, 7) is 0. The van der Waals surface area contributed by atoms with Crippen molar-refractivity contribution in [3.63, 3.8) is 0 Å². The highest BCUT2D eigenvalue weighted by Gasteiger charge is 2.38. The Morgan fingerprint density at radius 1 is 1.31 bits per heavy atom. The van der Waals surface area contributed by atoms with Crippen molar-refractivity contribution in [3.8, 4) is 6.07 Å². The third-order valence-corrected chi connectivity index (χ3v) is 1.66. The fourth-order valence-electron chi connectivity index (χ4n) is 0.973. The molecule has 0 amide bonds. The first kappa shape index (κ1) is 12.3. The van der Waals surface area contributed by atoms with E-state index in [0.717, 1.165) is 6.07 Å². The van der Waals surface area contributed by atoms with Gasteiger partial charge in [-0.15, -0.1) is 0 Å². The molecule has 1 aromatic heterocycles. The fraction of sp³-hybridized carbons (Fsp3) is 0.250. The van der Waals surface area contributed by atoms with Crippen LogP contribution in [-0.2, 0) is 6.18 Å². The second-order valence-corrected chi connectivity index (χ2v) is 2.66. The molecule has 0 aliphatic rings. The lowest BCUT2D eigenvalue weighted by molar-refractivity contribution is -0.141. The van der Waals surface area contributed by atoms with Gasteiger partial charge >= 0.3 is 6.18 Å². The Hall–Kier alpha value is -1.78. The molecule has 0 aliphatic carbocycles. The lowest BCUT2D eigenvalue weighted by Crippen LogP contribution is -2.13. The van der Waals surface area contributed by atoms with E-state index in [1.807, 2.05) is 0 Å². The molecule has 16 heavy (non-hydrogen) atoms. The average Bonchev–Trinajstić information content (AvgIpc) is 2.15. The number of halogens is 6. The van der Waals surface area contributed by atoms with Gasteiger partial charge in [-0.05, 0) is 0 Å². The van der Waals surface area contributed by atoms with Crippen LogP contribution in [-0.4, -0.2) is 4.98 Å². The fourth-order valence-corrected chi connectivity index (χ4v) is 0.973. The predicted octanol–water partition coefficient (Wildman–Crippen LogP) is 3.05. The number of pyridine rings is 1. The molecule has 0 radical (unpaired) electrons. The van der Waals surface area contributed by atoms with Crippen molar-refractivity contribution < 1.29 is 26.3 Å². The Morgan fingerprint density at radius 3 is 2.25 bits per heavy atom. The molecule has 0 atom stereocenters. The van der Waals surface area contributed by atoms with Crippen LogP contribution in [0.25, 0.3) is 0 Å². The smallest absolute Gasteiger partial charge is 0.250 e. The third kappa shape index (κ3) is 2.08. The largest absolute Gasteiger partial charge is 0.434 e. The van der Waals surface area contributed by atoms with E-state index in [1.165, 1.54) is 0 Å². The van der Waals surface area contributed by atoms with E-state index in [2.05, 4.69) is 4.98 Å². The summed E-state index contributed by atoms with van der Waals surface area (Å²) in [6.07, 6.45) is -8.32. The number of hydrogen-bond acceptors (Lipinski definition) is 2. The Kier molecular flexibility index (Phi) is 3.07. The first-order valence-corrected chi connectivity index (χ1v) is 3.73. The molecule has 1 rings (SSSR count). The molecule has 2 nitrogen and oxygen atoms in total. The van der Waals surface area contributed by atoms with Crippen molar-refractivity contribution in [2.75, 3.05) is 0 Å². The van der Waals surface area contributed by atoms with Gasteiger partial charge in [0, 0.05) is 6.20 Å². The molecule has 86 valence electrons. The van der Waals surface area contributed by atoms with Gasteiger partial charge < -0.3 is 0 Å². The van der Waals surface area contributed by atoms with Crippen molar-refractivity contribution in [1.82, 2.24) is 4.98 Å². The standard InChI is InChI=1S/C8H2F6N2/c9-5-3(1-15)6(8(12,13)14)16-2-4(5)7(10)11/h2,7H. The van der Waals surface area contributed by atoms with Gasteiger partial charge in [-0.2, -0.15) is 18.4 Å². The lowest BCUT2D eigenvalue weighted by Gasteiger charge is -2.10. The molecule has 0 fully saturated rings. The average molecular weight is 240 g/mol. The Balaban J connectivity index is 3.49. The molecule has 8 heteroatoms. The minimum Gasteiger partial charge on any atom is -0.250 e. The quantitative estimate of drug-likeness (QED) is 0.707. The van der Waals surface area contributed by atoms with Gasteiger partial charge in [-0.25, -0.2) is 18.2 Å². The van der Waals surface area contributed by atoms with Gasteiger partial charge in [0.15, 0.2) is 11.5 Å². The molecule has 0 spiro atoms. The second-order valence-electron chi connectivity index (χ2n) is 2.66. The van der Waals surface area contributed by atoms with Crippen molar-refractivity contribution in [3.05, 3.63) is 28.8 Å². The summed E-state index contributed by atoms with van der Waals surface area (Å²) >= 11 is 0. The maximum absolute atomic E-state index is 13.1. The molecule has 0 saturated carbocycles. The molecule has 0 bridgehead atoms. The van der Waals surface area contributed by atoms with Crippen molar-refractivity contribution in [1.29, 1.82) is 5.26 Å². The number of nitriles is 1. The zero-order valence-electron chi connectivity index (χ0n) is 7.32. The zero-order chi connectivity index (χ0) is 12.5. The van der Waals surface area contributed by atoms with Crippen LogP contribution in [0.3, 0.4) is 0 Å². The van der Waals surface area contributed by atoms with Crippen molar-refractivity contribution >= 4 is 0 Å². The predicted molar refractivity (Wildman–Crippen MR) is 38.9 cm³/mol. The monoisotopic (exact) mass is 240 g/mol. The molecule has 0 N–H and O–H groups in total. The summed E-state index contributed by atoms with van der Waals surface area (Å²) < 4.78 is 73.8. The van der Waals surface area contributed by atoms with Crippen LogP contribution in [0.5, 0.6) is 0 Å². The first-order valence-electron chi connectivity index (χ1n) is 3.73. The van der Waals surface area contributed by atoms with Crippen LogP contribution in [0.4, 0.5) is 26.3 Å². The molecular weight excluding hydrogens is 238 g/mol. The minimum absolute atomic E-state index is 0.0731. The Labute approximate surface area is 85.1 Å². The van der Waals surface area contributed by atoms with E-state index in [0.29, 0.717) is 0 Å². The molecule has 0 aromatic carbocycles. The van der Waals surface area contributed by atoms with Crippen LogP contribution in [0.1, 0.15) is 23.2 Å². The van der Waals surface area contributed by atoms with Gasteiger partial charge in [0.2, 0.25) is 0 Å². The third-order valence-electron chi connectivity index (χ3n) is 1.66.